The van der Waals surface area contributed by atoms with E-state index in [1.807, 2.05) is 0 Å². The van der Waals surface area contributed by atoms with Crippen molar-refractivity contribution in [3.63, 3.8) is 0 Å². The van der Waals surface area contributed by atoms with Crippen molar-refractivity contribution in [1.29, 1.82) is 0 Å². The summed E-state index contributed by atoms with van der Waals surface area (Å²) < 4.78 is 27.2. The Bertz CT molecular complexity index is 483. The lowest BCUT2D eigenvalue weighted by Gasteiger charge is -2.12. The number of hydrogen-bond acceptors (Lipinski definition) is 1. The van der Waals surface area contributed by atoms with Gasteiger partial charge in [-0.25, -0.2) is 8.78 Å². The highest BCUT2D eigenvalue weighted by Crippen LogP contribution is 2.24. The zero-order valence-corrected chi connectivity index (χ0v) is 8.37. The van der Waals surface area contributed by atoms with Crippen LogP contribution in [0.4, 0.5) is 14.5 Å². The average Bonchev–Trinajstić information content (AvgIpc) is 2.48. The number of anilines is 1. The maximum Gasteiger partial charge on any atom is 0.262 e. The van der Waals surface area contributed by atoms with Gasteiger partial charge >= 0.3 is 0 Å². The van der Waals surface area contributed by atoms with E-state index in [0.717, 1.165) is 17.8 Å². The number of aromatic nitrogens is 1. The van der Waals surface area contributed by atoms with Crippen molar-refractivity contribution in [2.24, 2.45) is 0 Å². The van der Waals surface area contributed by atoms with Crippen molar-refractivity contribution < 1.29 is 8.78 Å². The van der Waals surface area contributed by atoms with Gasteiger partial charge in [0.25, 0.3) is 5.92 Å². The van der Waals surface area contributed by atoms with Gasteiger partial charge in [0.1, 0.15) is 0 Å². The first-order valence-corrected chi connectivity index (χ1v) is 4.68. The minimum Gasteiger partial charge on any atom is -0.398 e. The van der Waals surface area contributed by atoms with E-state index in [1.165, 1.54) is 4.57 Å². The van der Waals surface area contributed by atoms with Gasteiger partial charge in [-0.15, -0.1) is 0 Å². The first-order chi connectivity index (χ1) is 6.97. The number of alkyl halides is 2. The minimum absolute atomic E-state index is 0.319. The standard InChI is InChI=1S/C11H12F2N2/c1-11(12,13)7-15-6-5-8-9(14)3-2-4-10(8)15/h2-6H,7,14H2,1H3. The van der Waals surface area contributed by atoms with Gasteiger partial charge in [-0.2, -0.15) is 0 Å². The van der Waals surface area contributed by atoms with Gasteiger partial charge in [0.2, 0.25) is 0 Å². The van der Waals surface area contributed by atoms with Crippen molar-refractivity contribution in [3.8, 4) is 0 Å². The Morgan fingerprint density at radius 2 is 2.07 bits per heavy atom. The number of benzene rings is 1. The minimum atomic E-state index is -2.71. The van der Waals surface area contributed by atoms with E-state index >= 15 is 0 Å². The second kappa shape index (κ2) is 3.22. The third-order valence-corrected chi connectivity index (χ3v) is 2.30. The predicted molar refractivity (Wildman–Crippen MR) is 57.0 cm³/mol. The van der Waals surface area contributed by atoms with Crippen LogP contribution in [0.25, 0.3) is 10.9 Å². The Kier molecular flexibility index (Phi) is 2.14. The summed E-state index contributed by atoms with van der Waals surface area (Å²) in [5.41, 5.74) is 7.10. The second-order valence-electron chi connectivity index (χ2n) is 3.79. The Morgan fingerprint density at radius 3 is 2.73 bits per heavy atom. The van der Waals surface area contributed by atoms with Gasteiger partial charge in [0.15, 0.2) is 0 Å². The molecule has 0 radical (unpaired) electrons. The van der Waals surface area contributed by atoms with E-state index < -0.39 is 5.92 Å². The number of hydrogen-bond donors (Lipinski definition) is 1. The lowest BCUT2D eigenvalue weighted by molar-refractivity contribution is 0.00510. The van der Waals surface area contributed by atoms with Gasteiger partial charge in [0.05, 0.1) is 12.1 Å². The number of nitrogens with zero attached hydrogens (tertiary/aromatic N) is 1. The van der Waals surface area contributed by atoms with Crippen LogP contribution >= 0.6 is 0 Å². The van der Waals surface area contributed by atoms with Gasteiger partial charge in [0, 0.05) is 24.2 Å². The molecule has 2 aromatic rings. The normalized spacial score (nSPS) is 12.2. The molecule has 0 unspecified atom stereocenters. The van der Waals surface area contributed by atoms with Crippen LogP contribution in [0.2, 0.25) is 0 Å². The summed E-state index contributed by atoms with van der Waals surface area (Å²) in [5.74, 6) is -2.71. The van der Waals surface area contributed by atoms with Gasteiger partial charge in [-0.1, -0.05) is 6.07 Å². The zero-order chi connectivity index (χ0) is 11.1. The molecule has 0 aliphatic rings. The molecule has 2 nitrogen and oxygen atoms in total. The maximum atomic E-state index is 12.9. The molecule has 0 fully saturated rings. The fraction of sp³-hybridized carbons (Fsp3) is 0.273. The summed E-state index contributed by atoms with van der Waals surface area (Å²) in [7, 11) is 0. The first kappa shape index (κ1) is 9.96. The highest BCUT2D eigenvalue weighted by atomic mass is 19.3. The largest absolute Gasteiger partial charge is 0.398 e. The van der Waals surface area contributed by atoms with Crippen molar-refractivity contribution in [1.82, 2.24) is 4.57 Å². The summed E-state index contributed by atoms with van der Waals surface area (Å²) in [6.45, 7) is 0.588. The quantitative estimate of drug-likeness (QED) is 0.759. The highest BCUT2D eigenvalue weighted by molar-refractivity contribution is 5.91. The Labute approximate surface area is 86.3 Å². The summed E-state index contributed by atoms with van der Waals surface area (Å²) in [6, 6.07) is 7.08. The molecule has 0 atom stereocenters. The molecule has 0 bridgehead atoms. The third-order valence-electron chi connectivity index (χ3n) is 2.30. The third kappa shape index (κ3) is 1.93. The molecule has 2 rings (SSSR count). The SMILES string of the molecule is CC(F)(F)Cn1ccc2c(N)cccc21. The van der Waals surface area contributed by atoms with Crippen LogP contribution < -0.4 is 5.73 Å². The molecular formula is C11H12F2N2. The molecule has 1 aromatic heterocycles. The van der Waals surface area contributed by atoms with E-state index in [2.05, 4.69) is 0 Å². The summed E-state index contributed by atoms with van der Waals surface area (Å²) in [5, 5.41) is 0.821. The van der Waals surface area contributed by atoms with E-state index in [-0.39, 0.29) is 6.54 Å². The van der Waals surface area contributed by atoms with Crippen LogP contribution in [0, 0.1) is 0 Å². The molecule has 0 spiro atoms. The molecule has 0 aliphatic heterocycles. The molecule has 15 heavy (non-hydrogen) atoms. The number of nitrogen functional groups attached to an aromatic ring is 1. The number of rotatable bonds is 2. The van der Waals surface area contributed by atoms with Crippen molar-refractivity contribution >= 4 is 16.6 Å². The number of nitrogens with two attached hydrogens (primary N) is 1. The van der Waals surface area contributed by atoms with Gasteiger partial charge in [-0.3, -0.25) is 0 Å². The monoisotopic (exact) mass is 210 g/mol. The van der Waals surface area contributed by atoms with Crippen LogP contribution in [0.5, 0.6) is 0 Å². The molecule has 0 saturated heterocycles. The van der Waals surface area contributed by atoms with Crippen LogP contribution in [0.3, 0.4) is 0 Å². The lowest BCUT2D eigenvalue weighted by atomic mass is 10.2. The molecule has 0 saturated carbocycles. The van der Waals surface area contributed by atoms with Crippen LogP contribution in [-0.4, -0.2) is 10.5 Å². The molecule has 4 heteroatoms. The molecular weight excluding hydrogens is 198 g/mol. The molecule has 0 aliphatic carbocycles. The lowest BCUT2D eigenvalue weighted by Crippen LogP contribution is -2.18. The fourth-order valence-electron chi connectivity index (χ4n) is 1.68. The molecule has 2 N–H and O–H groups in total. The Hall–Kier alpha value is -1.58. The van der Waals surface area contributed by atoms with Crippen LogP contribution in [0.1, 0.15) is 6.92 Å². The van der Waals surface area contributed by atoms with Gasteiger partial charge in [-0.05, 0) is 18.2 Å². The molecule has 1 heterocycles. The van der Waals surface area contributed by atoms with E-state index in [4.69, 9.17) is 5.73 Å². The Morgan fingerprint density at radius 1 is 1.33 bits per heavy atom. The predicted octanol–water partition coefficient (Wildman–Crippen LogP) is 2.88. The molecule has 1 aromatic carbocycles. The van der Waals surface area contributed by atoms with Crippen LogP contribution in [0.15, 0.2) is 30.5 Å². The maximum absolute atomic E-state index is 12.9. The van der Waals surface area contributed by atoms with Crippen molar-refractivity contribution in [2.75, 3.05) is 5.73 Å². The summed E-state index contributed by atoms with van der Waals surface area (Å²) >= 11 is 0. The number of halogens is 2. The summed E-state index contributed by atoms with van der Waals surface area (Å²) in [4.78, 5) is 0. The number of fused-ring (bicyclic) bond motifs is 1. The van der Waals surface area contributed by atoms with E-state index in [9.17, 15) is 8.78 Å². The molecule has 80 valence electrons. The van der Waals surface area contributed by atoms with E-state index in [1.54, 1.807) is 30.5 Å². The Balaban J connectivity index is 2.50. The second-order valence-corrected chi connectivity index (χ2v) is 3.79. The van der Waals surface area contributed by atoms with Gasteiger partial charge < -0.3 is 10.3 Å². The highest BCUT2D eigenvalue weighted by Gasteiger charge is 2.22. The van der Waals surface area contributed by atoms with E-state index in [0.29, 0.717) is 5.69 Å². The summed E-state index contributed by atoms with van der Waals surface area (Å²) in [6.07, 6.45) is 1.64. The van der Waals surface area contributed by atoms with Crippen molar-refractivity contribution in [2.45, 2.75) is 19.4 Å². The fourth-order valence-corrected chi connectivity index (χ4v) is 1.68. The average molecular weight is 210 g/mol. The smallest absolute Gasteiger partial charge is 0.262 e. The van der Waals surface area contributed by atoms with Crippen molar-refractivity contribution in [3.05, 3.63) is 30.5 Å². The van der Waals surface area contributed by atoms with Crippen LogP contribution in [-0.2, 0) is 6.54 Å². The first-order valence-electron chi connectivity index (χ1n) is 4.68. The zero-order valence-electron chi connectivity index (χ0n) is 8.37. The topological polar surface area (TPSA) is 30.9 Å². The molecule has 0 amide bonds.